The Morgan fingerprint density at radius 2 is 1.70 bits per heavy atom. The van der Waals surface area contributed by atoms with Crippen LogP contribution in [0.4, 0.5) is 17.5 Å². The van der Waals surface area contributed by atoms with E-state index in [9.17, 15) is 8.42 Å². The second-order valence-corrected chi connectivity index (χ2v) is 9.13. The fourth-order valence-electron chi connectivity index (χ4n) is 3.30. The lowest BCUT2D eigenvalue weighted by Gasteiger charge is -2.35. The number of benzene rings is 1. The van der Waals surface area contributed by atoms with Crippen molar-refractivity contribution in [1.29, 1.82) is 0 Å². The molecule has 1 aliphatic rings. The van der Waals surface area contributed by atoms with Crippen molar-refractivity contribution in [2.45, 2.75) is 11.8 Å². The number of anilines is 3. The Labute approximate surface area is 180 Å². The zero-order chi connectivity index (χ0) is 21.1. The van der Waals surface area contributed by atoms with Crippen LogP contribution in [0.15, 0.2) is 59.6 Å². The van der Waals surface area contributed by atoms with Crippen LogP contribution in [0.5, 0.6) is 0 Å². The first kappa shape index (κ1) is 20.5. The zero-order valence-corrected chi connectivity index (χ0v) is 17.9. The zero-order valence-electron chi connectivity index (χ0n) is 16.4. The maximum absolute atomic E-state index is 12.9. The van der Waals surface area contributed by atoms with Crippen LogP contribution in [-0.4, -0.2) is 53.9 Å². The Morgan fingerprint density at radius 1 is 0.967 bits per heavy atom. The van der Waals surface area contributed by atoms with E-state index in [0.717, 1.165) is 5.82 Å². The van der Waals surface area contributed by atoms with Crippen LogP contribution < -0.4 is 10.2 Å². The predicted octanol–water partition coefficient (Wildman–Crippen LogP) is 3.09. The predicted molar refractivity (Wildman–Crippen MR) is 117 cm³/mol. The lowest BCUT2D eigenvalue weighted by Crippen LogP contribution is -2.49. The van der Waals surface area contributed by atoms with Gasteiger partial charge in [-0.3, -0.25) is 0 Å². The molecule has 3 heterocycles. The van der Waals surface area contributed by atoms with E-state index in [1.54, 1.807) is 24.4 Å². The molecule has 8 nitrogen and oxygen atoms in total. The van der Waals surface area contributed by atoms with Gasteiger partial charge in [0.1, 0.15) is 28.2 Å². The molecule has 0 spiro atoms. The van der Waals surface area contributed by atoms with Gasteiger partial charge < -0.3 is 10.2 Å². The highest BCUT2D eigenvalue weighted by Gasteiger charge is 2.30. The summed E-state index contributed by atoms with van der Waals surface area (Å²) in [5.74, 6) is 2.70. The molecule has 3 aromatic rings. The van der Waals surface area contributed by atoms with E-state index in [-0.39, 0.29) is 9.92 Å². The van der Waals surface area contributed by atoms with Crippen molar-refractivity contribution < 1.29 is 8.42 Å². The highest BCUT2D eigenvalue weighted by molar-refractivity contribution is 7.89. The van der Waals surface area contributed by atoms with Crippen LogP contribution in [-0.2, 0) is 10.0 Å². The molecular formula is C20H21ClN6O2S. The number of halogens is 1. The molecule has 1 aromatic carbocycles. The molecule has 0 unspecified atom stereocenters. The molecule has 0 amide bonds. The number of piperazine rings is 1. The maximum atomic E-state index is 12.9. The topological polar surface area (TPSA) is 91.3 Å². The van der Waals surface area contributed by atoms with E-state index >= 15 is 0 Å². The number of aromatic nitrogens is 3. The smallest absolute Gasteiger partial charge is 0.244 e. The van der Waals surface area contributed by atoms with Crippen molar-refractivity contribution in [1.82, 2.24) is 19.3 Å². The van der Waals surface area contributed by atoms with Gasteiger partial charge in [0, 0.05) is 38.4 Å². The normalized spacial score (nSPS) is 15.2. The molecule has 1 fully saturated rings. The molecule has 0 radical (unpaired) electrons. The summed E-state index contributed by atoms with van der Waals surface area (Å²) in [5, 5.41) is 3.41. The summed E-state index contributed by atoms with van der Waals surface area (Å²) < 4.78 is 27.4. The number of nitrogens with one attached hydrogen (secondary N) is 1. The molecule has 0 atom stereocenters. The molecule has 4 rings (SSSR count). The third-order valence-corrected chi connectivity index (χ3v) is 7.16. The number of pyridine rings is 1. The summed E-state index contributed by atoms with van der Waals surface area (Å²) in [4.78, 5) is 15.4. The molecule has 2 aromatic heterocycles. The van der Waals surface area contributed by atoms with Crippen LogP contribution in [0.1, 0.15) is 5.82 Å². The first-order valence-corrected chi connectivity index (χ1v) is 11.3. The Bertz CT molecular complexity index is 1140. The molecule has 10 heteroatoms. The average molecular weight is 445 g/mol. The van der Waals surface area contributed by atoms with Crippen molar-refractivity contribution >= 4 is 39.1 Å². The van der Waals surface area contributed by atoms with Crippen molar-refractivity contribution in [2.75, 3.05) is 36.4 Å². The molecule has 1 aliphatic heterocycles. The van der Waals surface area contributed by atoms with E-state index in [2.05, 4.69) is 25.2 Å². The first-order chi connectivity index (χ1) is 14.4. The Morgan fingerprint density at radius 3 is 2.40 bits per heavy atom. The van der Waals surface area contributed by atoms with Gasteiger partial charge in [-0.1, -0.05) is 29.8 Å². The number of nitrogens with zero attached hydrogens (tertiary/aromatic N) is 5. The summed E-state index contributed by atoms with van der Waals surface area (Å²) in [6.07, 6.45) is 1.70. The van der Waals surface area contributed by atoms with Crippen LogP contribution in [0.25, 0.3) is 0 Å². The van der Waals surface area contributed by atoms with Crippen molar-refractivity contribution in [3.8, 4) is 0 Å². The van der Waals surface area contributed by atoms with Crippen LogP contribution >= 0.6 is 11.6 Å². The molecule has 0 saturated carbocycles. The fraction of sp³-hybridized carbons (Fsp3) is 0.250. The second-order valence-electron chi connectivity index (χ2n) is 6.82. The van der Waals surface area contributed by atoms with Gasteiger partial charge in [-0.2, -0.15) is 4.31 Å². The minimum absolute atomic E-state index is 0.139. The average Bonchev–Trinajstić information content (AvgIpc) is 2.74. The first-order valence-electron chi connectivity index (χ1n) is 9.47. The van der Waals surface area contributed by atoms with E-state index in [0.29, 0.717) is 43.6 Å². The molecule has 1 saturated heterocycles. The monoisotopic (exact) mass is 444 g/mol. The number of hydrogen-bond donors (Lipinski definition) is 1. The van der Waals surface area contributed by atoms with Gasteiger partial charge in [0.2, 0.25) is 10.0 Å². The lowest BCUT2D eigenvalue weighted by atomic mass is 10.3. The third-order valence-electron chi connectivity index (χ3n) is 4.76. The van der Waals surface area contributed by atoms with Gasteiger partial charge in [-0.05, 0) is 31.2 Å². The van der Waals surface area contributed by atoms with Crippen LogP contribution in [0, 0.1) is 6.92 Å². The van der Waals surface area contributed by atoms with Gasteiger partial charge in [0.25, 0.3) is 0 Å². The van der Waals surface area contributed by atoms with Crippen LogP contribution in [0.3, 0.4) is 0 Å². The molecule has 156 valence electrons. The molecule has 0 aliphatic carbocycles. The number of hydrogen-bond acceptors (Lipinski definition) is 7. The standard InChI is InChI=1S/C20H21ClN6O2S/c1-15-23-19(25-18-8-4-5-9-22-18)14-20(24-15)26-10-12-27(13-11-26)30(28,29)17-7-3-2-6-16(17)21/h2-9,14H,10-13H2,1H3,(H,22,23,24,25). The fourth-order valence-corrected chi connectivity index (χ4v) is 5.21. The summed E-state index contributed by atoms with van der Waals surface area (Å²) in [6, 6.07) is 14.0. The van der Waals surface area contributed by atoms with E-state index in [1.165, 1.54) is 10.4 Å². The van der Waals surface area contributed by atoms with Crippen LogP contribution in [0.2, 0.25) is 5.02 Å². The Kier molecular flexibility index (Phi) is 5.85. The highest BCUT2D eigenvalue weighted by Crippen LogP contribution is 2.26. The largest absolute Gasteiger partial charge is 0.354 e. The summed E-state index contributed by atoms with van der Waals surface area (Å²) >= 11 is 6.11. The van der Waals surface area contributed by atoms with Crippen molar-refractivity contribution in [3.63, 3.8) is 0 Å². The van der Waals surface area contributed by atoms with Gasteiger partial charge in [-0.15, -0.1) is 0 Å². The third kappa shape index (κ3) is 4.38. The quantitative estimate of drug-likeness (QED) is 0.646. The maximum Gasteiger partial charge on any atom is 0.244 e. The van der Waals surface area contributed by atoms with Gasteiger partial charge >= 0.3 is 0 Å². The summed E-state index contributed by atoms with van der Waals surface area (Å²) in [5.41, 5.74) is 0. The van der Waals surface area contributed by atoms with E-state index in [4.69, 9.17) is 11.6 Å². The Balaban J connectivity index is 1.48. The minimum atomic E-state index is -3.63. The molecule has 30 heavy (non-hydrogen) atoms. The molecule has 1 N–H and O–H groups in total. The van der Waals surface area contributed by atoms with Gasteiger partial charge in [0.15, 0.2) is 0 Å². The lowest BCUT2D eigenvalue weighted by molar-refractivity contribution is 0.383. The number of aryl methyl sites for hydroxylation is 1. The second kappa shape index (κ2) is 8.55. The van der Waals surface area contributed by atoms with E-state index < -0.39 is 10.0 Å². The molecular weight excluding hydrogens is 424 g/mol. The minimum Gasteiger partial charge on any atom is -0.354 e. The number of rotatable bonds is 5. The summed E-state index contributed by atoms with van der Waals surface area (Å²) in [6.45, 7) is 3.55. The van der Waals surface area contributed by atoms with E-state index in [1.807, 2.05) is 31.2 Å². The van der Waals surface area contributed by atoms with Gasteiger partial charge in [-0.25, -0.2) is 23.4 Å². The number of sulfonamides is 1. The Hall–Kier alpha value is -2.75. The highest BCUT2D eigenvalue weighted by atomic mass is 35.5. The molecule has 0 bridgehead atoms. The SMILES string of the molecule is Cc1nc(Nc2ccccn2)cc(N2CCN(S(=O)(=O)c3ccccc3Cl)CC2)n1. The van der Waals surface area contributed by atoms with Gasteiger partial charge in [0.05, 0.1) is 5.02 Å². The summed E-state index contributed by atoms with van der Waals surface area (Å²) in [7, 11) is -3.63. The van der Waals surface area contributed by atoms with Crippen molar-refractivity contribution in [3.05, 3.63) is 65.6 Å². The van der Waals surface area contributed by atoms with Crippen molar-refractivity contribution in [2.24, 2.45) is 0 Å².